The average Bonchev–Trinajstić information content (AvgIpc) is 3.13. The van der Waals surface area contributed by atoms with Crippen LogP contribution in [0.3, 0.4) is 0 Å². The molecule has 30 heavy (non-hydrogen) atoms. The third-order valence-electron chi connectivity index (χ3n) is 6.50. The summed E-state index contributed by atoms with van der Waals surface area (Å²) in [5, 5.41) is 1.12. The third-order valence-corrected chi connectivity index (χ3v) is 6.97. The van der Waals surface area contributed by atoms with Crippen LogP contribution in [-0.4, -0.2) is 23.1 Å². The number of hydrogen-bond acceptors (Lipinski definition) is 1. The van der Waals surface area contributed by atoms with Gasteiger partial charge in [0.15, 0.2) is 18.7 Å². The van der Waals surface area contributed by atoms with Crippen LogP contribution in [0.15, 0.2) is 55.1 Å². The van der Waals surface area contributed by atoms with Crippen LogP contribution in [0.5, 0.6) is 0 Å². The fourth-order valence-corrected chi connectivity index (χ4v) is 5.52. The predicted octanol–water partition coefficient (Wildman–Crippen LogP) is 7.16. The smallest absolute Gasteiger partial charge is 0.343 e. The van der Waals surface area contributed by atoms with Crippen LogP contribution < -0.4 is 0 Å². The summed E-state index contributed by atoms with van der Waals surface area (Å²) in [5.41, 5.74) is 1.85. The van der Waals surface area contributed by atoms with Gasteiger partial charge in [-0.3, -0.25) is 0 Å². The van der Waals surface area contributed by atoms with Crippen molar-refractivity contribution in [2.75, 3.05) is 6.61 Å². The summed E-state index contributed by atoms with van der Waals surface area (Å²) >= 11 is 12.4. The normalized spacial score (nSPS) is 28.2. The number of rotatable bonds is 5. The van der Waals surface area contributed by atoms with Crippen LogP contribution in [0.2, 0.25) is 10.0 Å². The standard InChI is InChI=1S/C25H27Cl2FNO/c1-4-10-25(3)14-22(17-11-19(27)13-20(28)12-17)23(16-6-8-18(26)9-7-16)29-21(5-2)15-30-24(25)29/h4,6-9,11-13,21-23H,1,5,10,14-15H2,2-3H3/q+1. The third kappa shape index (κ3) is 3.78. The molecule has 2 aliphatic rings. The van der Waals surface area contributed by atoms with E-state index in [1.54, 1.807) is 6.07 Å². The fourth-order valence-electron chi connectivity index (χ4n) is 5.16. The molecule has 4 unspecified atom stereocenters. The van der Waals surface area contributed by atoms with Crippen LogP contribution >= 0.6 is 23.2 Å². The zero-order chi connectivity index (χ0) is 21.5. The van der Waals surface area contributed by atoms with E-state index in [1.165, 1.54) is 6.07 Å². The van der Waals surface area contributed by atoms with Crippen LogP contribution in [0.1, 0.15) is 56.2 Å². The van der Waals surface area contributed by atoms with Crippen molar-refractivity contribution < 1.29 is 13.7 Å². The number of nitrogens with zero attached hydrogens (tertiary/aromatic N) is 1. The van der Waals surface area contributed by atoms with Crippen molar-refractivity contribution in [3.63, 3.8) is 0 Å². The van der Waals surface area contributed by atoms with Gasteiger partial charge in [-0.2, -0.15) is 4.58 Å². The number of benzene rings is 2. The molecule has 0 saturated heterocycles. The van der Waals surface area contributed by atoms with E-state index in [-0.39, 0.29) is 29.2 Å². The highest BCUT2D eigenvalue weighted by Crippen LogP contribution is 2.51. The van der Waals surface area contributed by atoms with Crippen molar-refractivity contribution in [1.29, 1.82) is 0 Å². The van der Waals surface area contributed by atoms with Crippen LogP contribution in [0, 0.1) is 11.2 Å². The van der Waals surface area contributed by atoms with Crippen molar-refractivity contribution in [2.45, 2.75) is 51.1 Å². The Bertz CT molecular complexity index is 967. The van der Waals surface area contributed by atoms with Crippen LogP contribution in [-0.2, 0) is 4.74 Å². The first-order valence-electron chi connectivity index (χ1n) is 10.5. The maximum Gasteiger partial charge on any atom is 0.343 e. The topological polar surface area (TPSA) is 12.2 Å². The van der Waals surface area contributed by atoms with Crippen molar-refractivity contribution in [1.82, 2.24) is 0 Å². The summed E-state index contributed by atoms with van der Waals surface area (Å²) in [5.74, 6) is 0.758. The number of hydrogen-bond donors (Lipinski definition) is 0. The number of ether oxygens (including phenoxy) is 1. The van der Waals surface area contributed by atoms with Gasteiger partial charge >= 0.3 is 5.90 Å². The van der Waals surface area contributed by atoms with Gasteiger partial charge in [-0.05, 0) is 55.7 Å². The molecule has 0 fully saturated rings. The van der Waals surface area contributed by atoms with E-state index in [0.717, 1.165) is 36.3 Å². The number of allylic oxidation sites excluding steroid dienone is 1. The molecule has 0 bridgehead atoms. The maximum absolute atomic E-state index is 14.4. The lowest BCUT2D eigenvalue weighted by Gasteiger charge is -2.38. The summed E-state index contributed by atoms with van der Waals surface area (Å²) in [6.07, 6.45) is 4.52. The first-order valence-corrected chi connectivity index (χ1v) is 11.2. The molecule has 158 valence electrons. The Balaban J connectivity index is 1.94. The number of halogens is 3. The lowest BCUT2D eigenvalue weighted by Crippen LogP contribution is -2.45. The van der Waals surface area contributed by atoms with Crippen molar-refractivity contribution in [2.24, 2.45) is 5.41 Å². The van der Waals surface area contributed by atoms with Crippen molar-refractivity contribution in [3.05, 3.63) is 82.1 Å². The first kappa shape index (κ1) is 21.4. The Morgan fingerprint density at radius 3 is 2.53 bits per heavy atom. The molecule has 5 heteroatoms. The Labute approximate surface area is 188 Å². The Morgan fingerprint density at radius 2 is 1.90 bits per heavy atom. The molecule has 4 rings (SSSR count). The molecule has 0 aliphatic carbocycles. The van der Waals surface area contributed by atoms with E-state index in [1.807, 2.05) is 24.3 Å². The molecule has 4 atom stereocenters. The van der Waals surface area contributed by atoms with Gasteiger partial charge in [0.05, 0.1) is 11.3 Å². The zero-order valence-electron chi connectivity index (χ0n) is 17.4. The Morgan fingerprint density at radius 1 is 1.17 bits per heavy atom. The summed E-state index contributed by atoms with van der Waals surface area (Å²) in [7, 11) is 0. The molecule has 0 aromatic heterocycles. The first-order chi connectivity index (χ1) is 14.4. The Kier molecular flexibility index (Phi) is 5.96. The molecule has 2 aromatic carbocycles. The molecule has 2 heterocycles. The molecule has 2 aromatic rings. The molecular weight excluding hydrogens is 420 g/mol. The second-order valence-electron chi connectivity index (χ2n) is 8.65. The van der Waals surface area contributed by atoms with Crippen molar-refractivity contribution >= 4 is 29.1 Å². The molecule has 2 aliphatic heterocycles. The molecule has 0 spiro atoms. The summed E-state index contributed by atoms with van der Waals surface area (Å²) in [6, 6.07) is 13.1. The van der Waals surface area contributed by atoms with Gasteiger partial charge in [-0.25, -0.2) is 4.39 Å². The Hall–Kier alpha value is -1.84. The minimum absolute atomic E-state index is 0.0143. The summed E-state index contributed by atoms with van der Waals surface area (Å²) in [4.78, 5) is 0. The highest BCUT2D eigenvalue weighted by atomic mass is 35.5. The second-order valence-corrected chi connectivity index (χ2v) is 9.52. The van der Waals surface area contributed by atoms with Crippen LogP contribution in [0.4, 0.5) is 4.39 Å². The molecular formula is C25H27Cl2FNO+. The quantitative estimate of drug-likeness (QED) is 0.350. The minimum atomic E-state index is -0.308. The van der Waals surface area contributed by atoms with Gasteiger partial charge in [-0.15, -0.1) is 6.58 Å². The van der Waals surface area contributed by atoms with Gasteiger partial charge in [0.25, 0.3) is 0 Å². The van der Waals surface area contributed by atoms with Gasteiger partial charge < -0.3 is 4.74 Å². The van der Waals surface area contributed by atoms with Gasteiger partial charge in [0, 0.05) is 22.0 Å². The highest BCUT2D eigenvalue weighted by molar-refractivity contribution is 6.30. The second kappa shape index (κ2) is 8.36. The van der Waals surface area contributed by atoms with E-state index in [0.29, 0.717) is 16.7 Å². The molecule has 0 radical (unpaired) electrons. The minimum Gasteiger partial charge on any atom is -0.441 e. The van der Waals surface area contributed by atoms with E-state index in [9.17, 15) is 4.39 Å². The van der Waals surface area contributed by atoms with Gasteiger partial charge in [0.1, 0.15) is 5.82 Å². The average molecular weight is 447 g/mol. The summed E-state index contributed by atoms with van der Waals surface area (Å²) in [6.45, 7) is 9.06. The van der Waals surface area contributed by atoms with Gasteiger partial charge in [0.2, 0.25) is 0 Å². The van der Waals surface area contributed by atoms with E-state index in [4.69, 9.17) is 27.9 Å². The predicted molar refractivity (Wildman–Crippen MR) is 121 cm³/mol. The molecule has 2 nitrogen and oxygen atoms in total. The SMILES string of the molecule is C=CCC1(C)CC(c2cc(F)cc(Cl)c2)C(c2ccc(Cl)cc2)[N+]2=C1OCC2CC. The molecule has 0 amide bonds. The van der Waals surface area contributed by atoms with E-state index in [2.05, 4.69) is 37.1 Å². The largest absolute Gasteiger partial charge is 0.441 e. The molecule has 0 N–H and O–H groups in total. The van der Waals surface area contributed by atoms with Crippen molar-refractivity contribution in [3.8, 4) is 0 Å². The van der Waals surface area contributed by atoms with E-state index < -0.39 is 0 Å². The maximum atomic E-state index is 14.4. The van der Waals surface area contributed by atoms with E-state index >= 15 is 0 Å². The zero-order valence-corrected chi connectivity index (χ0v) is 18.9. The fraction of sp³-hybridized carbons (Fsp3) is 0.400. The van der Waals surface area contributed by atoms with Gasteiger partial charge in [-0.1, -0.05) is 48.3 Å². The lowest BCUT2D eigenvalue weighted by atomic mass is 9.69. The molecule has 0 saturated carbocycles. The summed E-state index contributed by atoms with van der Waals surface area (Å²) < 4.78 is 23.1. The lowest BCUT2D eigenvalue weighted by molar-refractivity contribution is -0.610. The highest BCUT2D eigenvalue weighted by Gasteiger charge is 2.56. The monoisotopic (exact) mass is 446 g/mol. The van der Waals surface area contributed by atoms with Crippen LogP contribution in [0.25, 0.3) is 0 Å².